The fourth-order valence-electron chi connectivity index (χ4n) is 3.68. The first-order valence-electron chi connectivity index (χ1n) is 7.16. The topological polar surface area (TPSA) is 20.2 Å². The number of phenols is 1. The summed E-state index contributed by atoms with van der Waals surface area (Å²) in [5.74, 6) is 0.303. The van der Waals surface area contributed by atoms with Gasteiger partial charge in [0.2, 0.25) is 0 Å². The van der Waals surface area contributed by atoms with Crippen LogP contribution in [0.4, 0.5) is 0 Å². The van der Waals surface area contributed by atoms with Crippen molar-refractivity contribution in [1.82, 2.24) is 0 Å². The Morgan fingerprint density at radius 1 is 0.955 bits per heavy atom. The predicted octanol–water partition coefficient (Wildman–Crippen LogP) is 6.16. The van der Waals surface area contributed by atoms with Gasteiger partial charge in [-0.1, -0.05) is 61.3 Å². The van der Waals surface area contributed by atoms with E-state index in [0.717, 1.165) is 33.0 Å². The molecule has 0 atom stereocenters. The van der Waals surface area contributed by atoms with E-state index >= 15 is 0 Å². The molecular formula is C19H14Cl2O. The summed E-state index contributed by atoms with van der Waals surface area (Å²) in [6.45, 7) is 4.26. The summed E-state index contributed by atoms with van der Waals surface area (Å²) in [5, 5.41) is 13.6. The van der Waals surface area contributed by atoms with Gasteiger partial charge in [-0.3, -0.25) is 0 Å². The lowest BCUT2D eigenvalue weighted by Crippen LogP contribution is -2.15. The van der Waals surface area contributed by atoms with Crippen molar-refractivity contribution in [3.8, 4) is 16.9 Å². The second kappa shape index (κ2) is 4.41. The molecule has 0 saturated carbocycles. The van der Waals surface area contributed by atoms with Crippen LogP contribution in [0.5, 0.6) is 5.75 Å². The quantitative estimate of drug-likeness (QED) is 0.524. The molecule has 0 fully saturated rings. The van der Waals surface area contributed by atoms with Crippen molar-refractivity contribution in [1.29, 1.82) is 0 Å². The Kier molecular flexibility index (Phi) is 2.79. The van der Waals surface area contributed by atoms with Gasteiger partial charge < -0.3 is 5.11 Å². The number of halogens is 2. The van der Waals surface area contributed by atoms with E-state index in [1.807, 2.05) is 36.4 Å². The van der Waals surface area contributed by atoms with Gasteiger partial charge in [0.15, 0.2) is 0 Å². The van der Waals surface area contributed by atoms with Crippen LogP contribution in [0.25, 0.3) is 21.9 Å². The maximum atomic E-state index is 10.4. The van der Waals surface area contributed by atoms with Gasteiger partial charge in [-0.2, -0.15) is 0 Å². The molecule has 0 radical (unpaired) electrons. The minimum absolute atomic E-state index is 0.270. The molecule has 3 aromatic rings. The number of hydrogen-bond acceptors (Lipinski definition) is 1. The summed E-state index contributed by atoms with van der Waals surface area (Å²) < 4.78 is 0. The highest BCUT2D eigenvalue weighted by Gasteiger charge is 2.39. The van der Waals surface area contributed by atoms with Gasteiger partial charge >= 0.3 is 0 Å². The van der Waals surface area contributed by atoms with E-state index in [4.69, 9.17) is 23.2 Å². The summed E-state index contributed by atoms with van der Waals surface area (Å²) in [7, 11) is 0. The fraction of sp³-hybridized carbons (Fsp3) is 0.158. The summed E-state index contributed by atoms with van der Waals surface area (Å²) in [5.41, 5.74) is 4.08. The number of rotatable bonds is 0. The third kappa shape index (κ3) is 1.67. The second-order valence-electron chi connectivity index (χ2n) is 6.30. The zero-order valence-corrected chi connectivity index (χ0v) is 13.8. The first kappa shape index (κ1) is 13.9. The minimum atomic E-state index is -0.270. The predicted molar refractivity (Wildman–Crippen MR) is 93.2 cm³/mol. The number of benzene rings is 3. The van der Waals surface area contributed by atoms with Crippen molar-refractivity contribution < 1.29 is 5.11 Å². The van der Waals surface area contributed by atoms with E-state index in [2.05, 4.69) is 13.8 Å². The van der Waals surface area contributed by atoms with Gasteiger partial charge in [0.25, 0.3) is 0 Å². The van der Waals surface area contributed by atoms with E-state index in [1.165, 1.54) is 0 Å². The summed E-state index contributed by atoms with van der Waals surface area (Å²) in [6.07, 6.45) is 0. The van der Waals surface area contributed by atoms with Crippen LogP contribution in [0.2, 0.25) is 10.0 Å². The maximum Gasteiger partial charge on any atom is 0.123 e. The highest BCUT2D eigenvalue weighted by Crippen LogP contribution is 2.55. The zero-order chi connectivity index (χ0) is 15.6. The van der Waals surface area contributed by atoms with Crippen molar-refractivity contribution in [2.24, 2.45) is 0 Å². The summed E-state index contributed by atoms with van der Waals surface area (Å²) in [4.78, 5) is 0. The molecule has 0 amide bonds. The molecule has 0 aliphatic heterocycles. The largest absolute Gasteiger partial charge is 0.507 e. The lowest BCUT2D eigenvalue weighted by atomic mass is 9.82. The van der Waals surface area contributed by atoms with Crippen molar-refractivity contribution in [2.75, 3.05) is 0 Å². The molecule has 0 aromatic heterocycles. The van der Waals surface area contributed by atoms with Crippen LogP contribution in [0.1, 0.15) is 25.0 Å². The van der Waals surface area contributed by atoms with E-state index in [-0.39, 0.29) is 5.41 Å². The van der Waals surface area contributed by atoms with Gasteiger partial charge in [0, 0.05) is 20.8 Å². The van der Waals surface area contributed by atoms with Crippen molar-refractivity contribution in [3.63, 3.8) is 0 Å². The Morgan fingerprint density at radius 2 is 1.64 bits per heavy atom. The molecule has 3 heteroatoms. The van der Waals surface area contributed by atoms with Crippen molar-refractivity contribution >= 4 is 34.0 Å². The SMILES string of the molecule is CC1(C)c2cc(O)c3ccccc3c2-c2cc(Cl)cc(Cl)c21. The zero-order valence-electron chi connectivity index (χ0n) is 12.2. The van der Waals surface area contributed by atoms with Gasteiger partial charge in [0.05, 0.1) is 0 Å². The van der Waals surface area contributed by atoms with E-state index < -0.39 is 0 Å². The molecule has 1 aliphatic carbocycles. The molecule has 4 rings (SSSR count). The Balaban J connectivity index is 2.25. The molecular weight excluding hydrogens is 315 g/mol. The Morgan fingerprint density at radius 3 is 2.36 bits per heavy atom. The first-order chi connectivity index (χ1) is 10.4. The highest BCUT2D eigenvalue weighted by atomic mass is 35.5. The first-order valence-corrected chi connectivity index (χ1v) is 7.92. The Labute approximate surface area is 139 Å². The van der Waals surface area contributed by atoms with Gasteiger partial charge in [-0.15, -0.1) is 0 Å². The maximum absolute atomic E-state index is 10.4. The number of aromatic hydroxyl groups is 1. The van der Waals surface area contributed by atoms with Crippen LogP contribution in [0, 0.1) is 0 Å². The van der Waals surface area contributed by atoms with Crippen LogP contribution in [-0.2, 0) is 5.41 Å². The molecule has 1 N–H and O–H groups in total. The fourth-order valence-corrected chi connectivity index (χ4v) is 4.41. The van der Waals surface area contributed by atoms with Crippen LogP contribution in [0.3, 0.4) is 0 Å². The van der Waals surface area contributed by atoms with Crippen molar-refractivity contribution in [2.45, 2.75) is 19.3 Å². The molecule has 0 spiro atoms. The third-order valence-corrected chi connectivity index (χ3v) is 5.16. The standard InChI is InChI=1S/C19H14Cl2O/c1-19(2)14-9-16(22)11-5-3-4-6-12(11)17(14)13-7-10(20)8-15(21)18(13)19/h3-9,22H,1-2H3. The smallest absolute Gasteiger partial charge is 0.123 e. The Bertz CT molecular complexity index is 942. The molecule has 0 bridgehead atoms. The van der Waals surface area contributed by atoms with Crippen LogP contribution >= 0.6 is 23.2 Å². The van der Waals surface area contributed by atoms with Crippen LogP contribution in [-0.4, -0.2) is 5.11 Å². The molecule has 0 heterocycles. The summed E-state index contributed by atoms with van der Waals surface area (Å²) >= 11 is 12.7. The summed E-state index contributed by atoms with van der Waals surface area (Å²) in [6, 6.07) is 13.5. The number of phenolic OH excluding ortho intramolecular Hbond substituents is 1. The van der Waals surface area contributed by atoms with Crippen LogP contribution in [0.15, 0.2) is 42.5 Å². The van der Waals surface area contributed by atoms with Gasteiger partial charge in [-0.05, 0) is 45.8 Å². The monoisotopic (exact) mass is 328 g/mol. The number of hydrogen-bond donors (Lipinski definition) is 1. The minimum Gasteiger partial charge on any atom is -0.507 e. The molecule has 110 valence electrons. The Hall–Kier alpha value is -1.70. The van der Waals surface area contributed by atoms with Crippen molar-refractivity contribution in [3.05, 3.63) is 63.6 Å². The van der Waals surface area contributed by atoms with E-state index in [1.54, 1.807) is 6.07 Å². The molecule has 0 unspecified atom stereocenters. The third-order valence-electron chi connectivity index (χ3n) is 4.65. The average Bonchev–Trinajstić information content (AvgIpc) is 2.67. The van der Waals surface area contributed by atoms with Gasteiger partial charge in [-0.25, -0.2) is 0 Å². The number of fused-ring (bicyclic) bond motifs is 5. The van der Waals surface area contributed by atoms with Crippen LogP contribution < -0.4 is 0 Å². The lowest BCUT2D eigenvalue weighted by molar-refractivity contribution is 0.479. The van der Waals surface area contributed by atoms with Gasteiger partial charge in [0.1, 0.15) is 5.75 Å². The molecule has 1 aliphatic rings. The lowest BCUT2D eigenvalue weighted by Gasteiger charge is -2.23. The average molecular weight is 329 g/mol. The van der Waals surface area contributed by atoms with E-state index in [9.17, 15) is 5.11 Å². The molecule has 22 heavy (non-hydrogen) atoms. The highest BCUT2D eigenvalue weighted by molar-refractivity contribution is 6.36. The molecule has 1 nitrogen and oxygen atoms in total. The molecule has 3 aromatic carbocycles. The molecule has 0 saturated heterocycles. The normalized spacial score (nSPS) is 14.9. The van der Waals surface area contributed by atoms with E-state index in [0.29, 0.717) is 15.8 Å². The second-order valence-corrected chi connectivity index (χ2v) is 7.14.